The maximum absolute atomic E-state index is 11.3. The van der Waals surface area contributed by atoms with Gasteiger partial charge in [-0.1, -0.05) is 90.8 Å². The van der Waals surface area contributed by atoms with Gasteiger partial charge in [0.25, 0.3) is 0 Å². The first-order valence-corrected chi connectivity index (χ1v) is 10.6. The molecule has 0 rings (SSSR count). The molecule has 0 saturated heterocycles. The van der Waals surface area contributed by atoms with Crippen molar-refractivity contribution in [3.8, 4) is 0 Å². The third-order valence-electron chi connectivity index (χ3n) is 3.66. The van der Waals surface area contributed by atoms with Crippen molar-refractivity contribution < 1.29 is 4.80 Å². The van der Waals surface area contributed by atoms with Crippen LogP contribution in [-0.4, -0.2) is 31.4 Å². The predicted octanol–water partition coefficient (Wildman–Crippen LogP) is 4.93. The van der Waals surface area contributed by atoms with Crippen molar-refractivity contribution in [3.05, 3.63) is 6.92 Å². The summed E-state index contributed by atoms with van der Waals surface area (Å²) >= 11 is 0. The molecule has 112 valence electrons. The van der Waals surface area contributed by atoms with Crippen LogP contribution in [0, 0.1) is 6.92 Å². The molecule has 0 aliphatic carbocycles. The first-order chi connectivity index (χ1) is 8.16. The number of rotatable bonds is 7. The molecule has 0 saturated carbocycles. The van der Waals surface area contributed by atoms with Gasteiger partial charge in [-0.25, -0.2) is 0 Å². The molecule has 19 heavy (non-hydrogen) atoms. The van der Waals surface area contributed by atoms with Crippen LogP contribution in [0.5, 0.6) is 0 Å². The van der Waals surface area contributed by atoms with Gasteiger partial charge in [0.2, 0.25) is 0 Å². The van der Waals surface area contributed by atoms with Crippen LogP contribution in [0.25, 0.3) is 0 Å². The molecular weight excluding hydrogens is 261 g/mol. The van der Waals surface area contributed by atoms with Gasteiger partial charge in [-0.15, -0.1) is 0 Å². The zero-order chi connectivity index (χ0) is 14.7. The molecule has 0 aromatic heterocycles. The Bertz CT molecular complexity index is 151. The SMILES string of the molecule is CC(C)(C)[Si](C)(C)[O-].[CH2-]CCCCCCCCC.[Mg+2]. The molecule has 3 heteroatoms. The molecule has 0 aliphatic rings. The van der Waals surface area contributed by atoms with E-state index in [0.717, 1.165) is 6.42 Å². The second-order valence-corrected chi connectivity index (χ2v) is 11.3. The second kappa shape index (κ2) is 13.9. The summed E-state index contributed by atoms with van der Waals surface area (Å²) in [6.07, 6.45) is 10.9. The van der Waals surface area contributed by atoms with Crippen molar-refractivity contribution in [1.82, 2.24) is 0 Å². The van der Waals surface area contributed by atoms with Crippen LogP contribution in [0.4, 0.5) is 0 Å². The Morgan fingerprint density at radius 1 is 0.895 bits per heavy atom. The summed E-state index contributed by atoms with van der Waals surface area (Å²) in [6.45, 7) is 15.8. The summed E-state index contributed by atoms with van der Waals surface area (Å²) in [6, 6.07) is 0. The van der Waals surface area contributed by atoms with Crippen molar-refractivity contribution >= 4 is 31.4 Å². The Kier molecular flexibility index (Phi) is 18.2. The van der Waals surface area contributed by atoms with E-state index in [1.54, 1.807) is 0 Å². The first kappa shape index (κ1) is 24.9. The standard InChI is InChI=1S/C10H21.C6H15OSi.Mg/c1-3-5-7-9-10-8-6-4-2;1-6(2,3)8(4,5)7;/h1,3-10H2,2H3;1-5H3;/q2*-1;+2. The smallest absolute Gasteiger partial charge is 0.858 e. The molecule has 0 unspecified atom stereocenters. The molecule has 0 aliphatic heterocycles. The van der Waals surface area contributed by atoms with Gasteiger partial charge in [0.15, 0.2) is 0 Å². The van der Waals surface area contributed by atoms with Crippen LogP contribution in [0.15, 0.2) is 0 Å². The third-order valence-corrected chi connectivity index (χ3v) is 7.27. The molecule has 0 aromatic carbocycles. The summed E-state index contributed by atoms with van der Waals surface area (Å²) in [5.41, 5.74) is 0. The Balaban J connectivity index is -0.000000262. The third kappa shape index (κ3) is 18.9. The molecule has 0 radical (unpaired) electrons. The van der Waals surface area contributed by atoms with Gasteiger partial charge >= 0.3 is 23.1 Å². The summed E-state index contributed by atoms with van der Waals surface area (Å²) in [4.78, 5) is 11.3. The topological polar surface area (TPSA) is 23.1 Å². The van der Waals surface area contributed by atoms with Crippen molar-refractivity contribution in [2.24, 2.45) is 0 Å². The predicted molar refractivity (Wildman–Crippen MR) is 90.9 cm³/mol. The maximum Gasteiger partial charge on any atom is 2.00 e. The number of hydrogen-bond acceptors (Lipinski definition) is 1. The Morgan fingerprint density at radius 2 is 1.21 bits per heavy atom. The van der Waals surface area contributed by atoms with Crippen LogP contribution in [0.3, 0.4) is 0 Å². The molecule has 1 nitrogen and oxygen atoms in total. The van der Waals surface area contributed by atoms with Crippen molar-refractivity contribution in [2.75, 3.05) is 0 Å². The van der Waals surface area contributed by atoms with E-state index in [4.69, 9.17) is 0 Å². The number of hydrogen-bond donors (Lipinski definition) is 0. The van der Waals surface area contributed by atoms with Crippen LogP contribution in [0.1, 0.15) is 79.1 Å². The van der Waals surface area contributed by atoms with Gasteiger partial charge in [0.1, 0.15) is 0 Å². The van der Waals surface area contributed by atoms with Gasteiger partial charge in [0.05, 0.1) is 0 Å². The quantitative estimate of drug-likeness (QED) is 0.371. The zero-order valence-electron chi connectivity index (χ0n) is 14.5. The Hall–Kier alpha value is 0.943. The summed E-state index contributed by atoms with van der Waals surface area (Å²) < 4.78 is 0. The molecule has 0 amide bonds. The van der Waals surface area contributed by atoms with E-state index in [1.165, 1.54) is 44.9 Å². The van der Waals surface area contributed by atoms with Gasteiger partial charge in [-0.2, -0.15) is 6.42 Å². The maximum atomic E-state index is 11.3. The average molecular weight is 297 g/mol. The van der Waals surface area contributed by atoms with Crippen molar-refractivity contribution in [2.45, 2.75) is 97.2 Å². The molecule has 0 fully saturated rings. The first-order valence-electron chi connectivity index (χ1n) is 7.66. The van der Waals surface area contributed by atoms with E-state index in [0.29, 0.717) is 0 Å². The summed E-state index contributed by atoms with van der Waals surface area (Å²) in [5, 5.41) is 0.0208. The monoisotopic (exact) mass is 296 g/mol. The molecular formula is C16H36MgOSi. The van der Waals surface area contributed by atoms with Crippen LogP contribution in [0.2, 0.25) is 18.1 Å². The molecule has 0 bridgehead atoms. The van der Waals surface area contributed by atoms with Gasteiger partial charge < -0.3 is 11.7 Å². The fourth-order valence-corrected chi connectivity index (χ4v) is 1.13. The van der Waals surface area contributed by atoms with Crippen LogP contribution >= 0.6 is 0 Å². The molecule has 0 atom stereocenters. The van der Waals surface area contributed by atoms with E-state index < -0.39 is 8.32 Å². The summed E-state index contributed by atoms with van der Waals surface area (Å²) in [5.74, 6) is 0. The normalized spacial score (nSPS) is 11.4. The van der Waals surface area contributed by atoms with Crippen molar-refractivity contribution in [1.29, 1.82) is 0 Å². The number of unbranched alkanes of at least 4 members (excludes halogenated alkanes) is 7. The zero-order valence-corrected chi connectivity index (χ0v) is 16.9. The molecule has 0 heterocycles. The van der Waals surface area contributed by atoms with Gasteiger partial charge in [0, 0.05) is 0 Å². The van der Waals surface area contributed by atoms with E-state index in [-0.39, 0.29) is 28.1 Å². The second-order valence-electron chi connectivity index (χ2n) is 6.74. The average Bonchev–Trinajstić information content (AvgIpc) is 2.21. The fourth-order valence-electron chi connectivity index (χ4n) is 1.13. The van der Waals surface area contributed by atoms with E-state index in [9.17, 15) is 4.80 Å². The largest absolute Gasteiger partial charge is 2.00 e. The minimum atomic E-state index is -2.11. The van der Waals surface area contributed by atoms with Crippen LogP contribution in [-0.2, 0) is 0 Å². The van der Waals surface area contributed by atoms with E-state index in [1.807, 2.05) is 33.9 Å². The fraction of sp³-hybridized carbons (Fsp3) is 0.938. The summed E-state index contributed by atoms with van der Waals surface area (Å²) in [7, 11) is -2.11. The van der Waals surface area contributed by atoms with Gasteiger partial charge in [-0.05, 0) is 8.32 Å². The molecule has 0 spiro atoms. The molecule has 0 aromatic rings. The van der Waals surface area contributed by atoms with Gasteiger partial charge in [-0.3, -0.25) is 0 Å². The van der Waals surface area contributed by atoms with E-state index >= 15 is 0 Å². The van der Waals surface area contributed by atoms with Crippen molar-refractivity contribution in [3.63, 3.8) is 0 Å². The van der Waals surface area contributed by atoms with E-state index in [2.05, 4.69) is 13.8 Å². The minimum Gasteiger partial charge on any atom is -0.858 e. The van der Waals surface area contributed by atoms with Crippen LogP contribution < -0.4 is 4.80 Å². The molecule has 0 N–H and O–H groups in total. The minimum absolute atomic E-state index is 0. The Morgan fingerprint density at radius 3 is 1.47 bits per heavy atom. The Labute approximate surface area is 140 Å².